The second kappa shape index (κ2) is 7.84. The molecule has 0 unspecified atom stereocenters. The zero-order valence-electron chi connectivity index (χ0n) is 15.1. The number of amides is 1. The first-order valence-electron chi connectivity index (χ1n) is 8.80. The van der Waals surface area contributed by atoms with Crippen molar-refractivity contribution in [2.24, 2.45) is 0 Å². The summed E-state index contributed by atoms with van der Waals surface area (Å²) < 4.78 is 0. The number of aromatic nitrogens is 2. The summed E-state index contributed by atoms with van der Waals surface area (Å²) in [6.45, 7) is 2.48. The van der Waals surface area contributed by atoms with Gasteiger partial charge in [-0.15, -0.1) is 11.3 Å². The van der Waals surface area contributed by atoms with Crippen LogP contribution in [0.25, 0.3) is 10.2 Å². The van der Waals surface area contributed by atoms with Crippen molar-refractivity contribution >= 4 is 45.0 Å². The molecule has 1 amide bonds. The molecular formula is C19H21N5OS2. The quantitative estimate of drug-likeness (QED) is 0.507. The van der Waals surface area contributed by atoms with E-state index in [0.717, 1.165) is 35.3 Å². The lowest BCUT2D eigenvalue weighted by Crippen LogP contribution is -2.25. The first-order chi connectivity index (χ1) is 13.1. The minimum absolute atomic E-state index is 0.0433. The summed E-state index contributed by atoms with van der Waals surface area (Å²) in [4.78, 5) is 25.7. The molecule has 8 heteroatoms. The van der Waals surface area contributed by atoms with Crippen LogP contribution in [-0.2, 0) is 24.3 Å². The molecule has 3 aromatic rings. The van der Waals surface area contributed by atoms with E-state index in [4.69, 9.17) is 5.73 Å². The number of hydrogen-bond donors (Lipinski definition) is 2. The summed E-state index contributed by atoms with van der Waals surface area (Å²) in [5.74, 6) is 0.749. The second-order valence-electron chi connectivity index (χ2n) is 6.61. The van der Waals surface area contributed by atoms with Crippen molar-refractivity contribution in [2.75, 3.05) is 25.1 Å². The molecule has 0 radical (unpaired) electrons. The molecule has 140 valence electrons. The average Bonchev–Trinajstić information content (AvgIpc) is 3.03. The summed E-state index contributed by atoms with van der Waals surface area (Å²) in [5.41, 5.74) is 8.60. The highest BCUT2D eigenvalue weighted by Crippen LogP contribution is 2.37. The molecule has 3 N–H and O–H groups in total. The van der Waals surface area contributed by atoms with Crippen LogP contribution in [0, 0.1) is 0 Å². The maximum atomic E-state index is 12.1. The molecule has 0 bridgehead atoms. The van der Waals surface area contributed by atoms with Gasteiger partial charge in [-0.2, -0.15) is 0 Å². The minimum Gasteiger partial charge on any atom is -0.383 e. The average molecular weight is 400 g/mol. The SMILES string of the molecule is CN1CCc2c(sc3nc(SCC(=O)NCc4ccccc4)nc(N)c23)C1. The Labute approximate surface area is 166 Å². The predicted octanol–water partition coefficient (Wildman–Crippen LogP) is 2.67. The van der Waals surface area contributed by atoms with Gasteiger partial charge in [0.05, 0.1) is 11.1 Å². The van der Waals surface area contributed by atoms with Crippen LogP contribution in [0.3, 0.4) is 0 Å². The van der Waals surface area contributed by atoms with E-state index in [0.29, 0.717) is 17.5 Å². The third-order valence-corrected chi connectivity index (χ3v) is 6.52. The van der Waals surface area contributed by atoms with Crippen LogP contribution in [0.4, 0.5) is 5.82 Å². The summed E-state index contributed by atoms with van der Waals surface area (Å²) in [7, 11) is 2.12. The normalized spacial score (nSPS) is 14.3. The summed E-state index contributed by atoms with van der Waals surface area (Å²) in [6, 6.07) is 9.85. The fourth-order valence-electron chi connectivity index (χ4n) is 3.17. The van der Waals surface area contributed by atoms with E-state index in [2.05, 4.69) is 27.2 Å². The molecule has 0 saturated carbocycles. The number of likely N-dealkylation sites (N-methyl/N-ethyl adjacent to an activating group) is 1. The number of carbonyl (C=O) groups excluding carboxylic acids is 1. The van der Waals surface area contributed by atoms with Crippen LogP contribution in [-0.4, -0.2) is 40.1 Å². The van der Waals surface area contributed by atoms with Gasteiger partial charge in [0.25, 0.3) is 0 Å². The highest BCUT2D eigenvalue weighted by Gasteiger charge is 2.22. The van der Waals surface area contributed by atoms with Crippen molar-refractivity contribution in [3.05, 3.63) is 46.3 Å². The number of fused-ring (bicyclic) bond motifs is 3. The Bertz CT molecular complexity index is 973. The number of rotatable bonds is 5. The monoisotopic (exact) mass is 399 g/mol. The molecule has 0 aliphatic carbocycles. The highest BCUT2D eigenvalue weighted by atomic mass is 32.2. The zero-order chi connectivity index (χ0) is 18.8. The molecule has 27 heavy (non-hydrogen) atoms. The number of benzene rings is 1. The van der Waals surface area contributed by atoms with Crippen LogP contribution in [0.15, 0.2) is 35.5 Å². The Morgan fingerprint density at radius 1 is 1.33 bits per heavy atom. The van der Waals surface area contributed by atoms with Crippen molar-refractivity contribution < 1.29 is 4.79 Å². The molecule has 0 saturated heterocycles. The van der Waals surface area contributed by atoms with Crippen LogP contribution in [0.1, 0.15) is 16.0 Å². The lowest BCUT2D eigenvalue weighted by Gasteiger charge is -2.22. The molecule has 3 heterocycles. The third kappa shape index (κ3) is 4.07. The molecule has 1 aromatic carbocycles. The van der Waals surface area contributed by atoms with Crippen LogP contribution < -0.4 is 11.1 Å². The first-order valence-corrected chi connectivity index (χ1v) is 10.6. The number of thioether (sulfide) groups is 1. The Balaban J connectivity index is 1.42. The van der Waals surface area contributed by atoms with E-state index in [1.807, 2.05) is 30.3 Å². The number of nitrogens with one attached hydrogen (secondary N) is 1. The molecule has 1 aliphatic rings. The van der Waals surface area contributed by atoms with E-state index in [9.17, 15) is 4.79 Å². The van der Waals surface area contributed by atoms with Gasteiger partial charge in [0.2, 0.25) is 5.91 Å². The summed E-state index contributed by atoms with van der Waals surface area (Å²) >= 11 is 3.01. The van der Waals surface area contributed by atoms with E-state index in [-0.39, 0.29) is 11.7 Å². The maximum Gasteiger partial charge on any atom is 0.230 e. The van der Waals surface area contributed by atoms with Crippen molar-refractivity contribution in [1.29, 1.82) is 0 Å². The number of nitrogens with zero attached hydrogens (tertiary/aromatic N) is 3. The standard InChI is InChI=1S/C19H21N5OS2/c1-24-8-7-13-14(10-24)27-18-16(13)17(20)22-19(23-18)26-11-15(25)21-9-12-5-3-2-4-6-12/h2-6H,7-11H2,1H3,(H,21,25)(H2,20,22,23). The molecule has 0 atom stereocenters. The lowest BCUT2D eigenvalue weighted by molar-refractivity contribution is -0.118. The number of thiophene rings is 1. The molecule has 0 spiro atoms. The van der Waals surface area contributed by atoms with Gasteiger partial charge in [0.1, 0.15) is 10.6 Å². The Hall–Kier alpha value is -2.16. The van der Waals surface area contributed by atoms with Gasteiger partial charge in [0.15, 0.2) is 5.16 Å². The molecule has 6 nitrogen and oxygen atoms in total. The van der Waals surface area contributed by atoms with Crippen molar-refractivity contribution in [3.63, 3.8) is 0 Å². The number of nitrogens with two attached hydrogens (primary N) is 1. The smallest absolute Gasteiger partial charge is 0.230 e. The zero-order valence-corrected chi connectivity index (χ0v) is 16.7. The van der Waals surface area contributed by atoms with Crippen molar-refractivity contribution in [2.45, 2.75) is 24.7 Å². The van der Waals surface area contributed by atoms with Gasteiger partial charge in [-0.3, -0.25) is 4.79 Å². The number of nitrogen functional groups attached to an aromatic ring is 1. The number of anilines is 1. The van der Waals surface area contributed by atoms with E-state index < -0.39 is 0 Å². The molecule has 2 aromatic heterocycles. The predicted molar refractivity (Wildman–Crippen MR) is 111 cm³/mol. The fraction of sp³-hybridized carbons (Fsp3) is 0.316. The van der Waals surface area contributed by atoms with E-state index in [1.54, 1.807) is 11.3 Å². The molecule has 0 fully saturated rings. The Morgan fingerprint density at radius 3 is 2.96 bits per heavy atom. The van der Waals surface area contributed by atoms with E-state index >= 15 is 0 Å². The lowest BCUT2D eigenvalue weighted by atomic mass is 10.1. The number of hydrogen-bond acceptors (Lipinski definition) is 7. The summed E-state index contributed by atoms with van der Waals surface area (Å²) in [6.07, 6.45) is 0.980. The van der Waals surface area contributed by atoms with Crippen molar-refractivity contribution in [1.82, 2.24) is 20.2 Å². The largest absolute Gasteiger partial charge is 0.383 e. The van der Waals surface area contributed by atoms with Crippen LogP contribution >= 0.6 is 23.1 Å². The third-order valence-electron chi connectivity index (χ3n) is 4.56. The second-order valence-corrected chi connectivity index (χ2v) is 8.64. The minimum atomic E-state index is -0.0433. The van der Waals surface area contributed by atoms with Gasteiger partial charge in [-0.25, -0.2) is 9.97 Å². The van der Waals surface area contributed by atoms with Gasteiger partial charge in [-0.05, 0) is 24.6 Å². The fourth-order valence-corrected chi connectivity index (χ4v) is 5.22. The van der Waals surface area contributed by atoms with Gasteiger partial charge in [0, 0.05) is 24.5 Å². The molecule has 4 rings (SSSR count). The Kier molecular flexibility index (Phi) is 5.29. The topological polar surface area (TPSA) is 84.1 Å². The highest BCUT2D eigenvalue weighted by molar-refractivity contribution is 7.99. The summed E-state index contributed by atoms with van der Waals surface area (Å²) in [5, 5.41) is 4.47. The first kappa shape index (κ1) is 18.2. The van der Waals surface area contributed by atoms with E-state index in [1.165, 1.54) is 22.2 Å². The van der Waals surface area contributed by atoms with Crippen molar-refractivity contribution in [3.8, 4) is 0 Å². The number of carbonyl (C=O) groups is 1. The Morgan fingerprint density at radius 2 is 2.15 bits per heavy atom. The van der Waals surface area contributed by atoms with Gasteiger partial charge >= 0.3 is 0 Å². The van der Waals surface area contributed by atoms with Crippen LogP contribution in [0.2, 0.25) is 0 Å². The molecule has 1 aliphatic heterocycles. The van der Waals surface area contributed by atoms with Gasteiger partial charge in [-0.1, -0.05) is 42.1 Å². The molecular weight excluding hydrogens is 378 g/mol. The van der Waals surface area contributed by atoms with Crippen LogP contribution in [0.5, 0.6) is 0 Å². The van der Waals surface area contributed by atoms with Gasteiger partial charge < -0.3 is 16.0 Å². The maximum absolute atomic E-state index is 12.1.